The minimum atomic E-state index is -0.191. The van der Waals surface area contributed by atoms with Crippen molar-refractivity contribution in [3.63, 3.8) is 0 Å². The van der Waals surface area contributed by atoms with Gasteiger partial charge in [0.1, 0.15) is 11.6 Å². The summed E-state index contributed by atoms with van der Waals surface area (Å²) >= 11 is 0. The summed E-state index contributed by atoms with van der Waals surface area (Å²) in [5.74, 6) is 0. The smallest absolute Gasteiger partial charge is 0.410 e. The second kappa shape index (κ2) is 7.01. The van der Waals surface area contributed by atoms with Crippen LogP contribution in [-0.4, -0.2) is 85.5 Å². The zero-order valence-electron chi connectivity index (χ0n) is 15.2. The Bertz CT molecular complexity index is 786. The maximum absolute atomic E-state index is 12.3. The lowest BCUT2D eigenvalue weighted by Crippen LogP contribution is -2.41. The van der Waals surface area contributed by atoms with Crippen LogP contribution in [0.4, 0.5) is 10.8 Å². The summed E-state index contributed by atoms with van der Waals surface area (Å²) in [6.07, 6.45) is 0.640. The van der Waals surface area contributed by atoms with Gasteiger partial charge in [-0.3, -0.25) is 9.80 Å². The number of rotatable bonds is 5. The molecule has 4 heterocycles. The SMILES string of the molecule is O=C1O[C@@H]2CN(c3nc4ccccc4o3)C[C@@H]2N1CCCN1CCOCC1. The highest BCUT2D eigenvalue weighted by atomic mass is 16.6. The number of amides is 1. The number of morpholine rings is 1. The zero-order valence-corrected chi connectivity index (χ0v) is 15.2. The average Bonchev–Trinajstić information content (AvgIpc) is 3.36. The predicted octanol–water partition coefficient (Wildman–Crippen LogP) is 1.56. The Labute approximate surface area is 157 Å². The molecule has 5 rings (SSSR count). The van der Waals surface area contributed by atoms with Crippen LogP contribution in [0.2, 0.25) is 0 Å². The molecule has 0 saturated carbocycles. The molecule has 0 bridgehead atoms. The van der Waals surface area contributed by atoms with Crippen molar-refractivity contribution in [1.82, 2.24) is 14.8 Å². The van der Waals surface area contributed by atoms with E-state index in [2.05, 4.69) is 14.8 Å². The molecule has 1 aromatic heterocycles. The fraction of sp³-hybridized carbons (Fsp3) is 0.579. The Morgan fingerprint density at radius 2 is 1.96 bits per heavy atom. The van der Waals surface area contributed by atoms with E-state index in [4.69, 9.17) is 13.9 Å². The summed E-state index contributed by atoms with van der Waals surface area (Å²) in [6, 6.07) is 8.42. The summed E-state index contributed by atoms with van der Waals surface area (Å²) in [5.41, 5.74) is 1.63. The third-order valence-corrected chi connectivity index (χ3v) is 5.65. The van der Waals surface area contributed by atoms with Crippen LogP contribution < -0.4 is 4.90 Å². The quantitative estimate of drug-likeness (QED) is 0.789. The molecule has 27 heavy (non-hydrogen) atoms. The summed E-state index contributed by atoms with van der Waals surface area (Å²) in [4.78, 5) is 23.2. The lowest BCUT2D eigenvalue weighted by Gasteiger charge is -2.28. The number of nitrogens with zero attached hydrogens (tertiary/aromatic N) is 4. The Morgan fingerprint density at radius 1 is 1.11 bits per heavy atom. The minimum absolute atomic E-state index is 0.0669. The van der Waals surface area contributed by atoms with E-state index in [1.54, 1.807) is 0 Å². The van der Waals surface area contributed by atoms with Gasteiger partial charge in [-0.25, -0.2) is 4.79 Å². The van der Waals surface area contributed by atoms with Crippen LogP contribution in [0.3, 0.4) is 0 Å². The van der Waals surface area contributed by atoms with Crippen LogP contribution in [0.15, 0.2) is 28.7 Å². The molecule has 1 amide bonds. The number of anilines is 1. The molecule has 2 aromatic rings. The molecule has 3 fully saturated rings. The summed E-state index contributed by atoms with van der Waals surface area (Å²) < 4.78 is 16.9. The standard InChI is InChI=1S/C19H24N4O4/c24-19-23(7-3-6-21-8-10-25-11-9-21)15-12-22(13-17(15)27-19)18-20-14-4-1-2-5-16(14)26-18/h1-2,4-5,15,17H,3,6-13H2/t15-,17+/m0/s1. The van der Waals surface area contributed by atoms with Crippen LogP contribution in [0.1, 0.15) is 6.42 Å². The molecular formula is C19H24N4O4. The van der Waals surface area contributed by atoms with E-state index in [-0.39, 0.29) is 18.2 Å². The van der Waals surface area contributed by atoms with E-state index in [1.165, 1.54) is 0 Å². The number of benzene rings is 1. The first kappa shape index (κ1) is 16.8. The summed E-state index contributed by atoms with van der Waals surface area (Å²) in [5, 5.41) is 0. The van der Waals surface area contributed by atoms with Crippen molar-refractivity contribution in [3.8, 4) is 0 Å². The fourth-order valence-electron chi connectivity index (χ4n) is 4.20. The number of hydrogen-bond donors (Lipinski definition) is 0. The Balaban J connectivity index is 1.21. The molecule has 8 heteroatoms. The molecule has 8 nitrogen and oxygen atoms in total. The lowest BCUT2D eigenvalue weighted by atomic mass is 10.2. The summed E-state index contributed by atoms with van der Waals surface area (Å²) in [7, 11) is 0. The van der Waals surface area contributed by atoms with E-state index in [9.17, 15) is 4.79 Å². The van der Waals surface area contributed by atoms with E-state index in [1.807, 2.05) is 29.2 Å². The molecule has 1 aromatic carbocycles. The largest absolute Gasteiger partial charge is 0.442 e. The molecule has 3 aliphatic rings. The molecule has 3 aliphatic heterocycles. The van der Waals surface area contributed by atoms with E-state index in [0.29, 0.717) is 19.1 Å². The third kappa shape index (κ3) is 3.23. The molecule has 3 saturated heterocycles. The first-order valence-electron chi connectivity index (χ1n) is 9.66. The van der Waals surface area contributed by atoms with Gasteiger partial charge in [0, 0.05) is 32.7 Å². The maximum atomic E-state index is 12.3. The van der Waals surface area contributed by atoms with Crippen LogP contribution in [-0.2, 0) is 9.47 Å². The van der Waals surface area contributed by atoms with Gasteiger partial charge in [-0.05, 0) is 18.6 Å². The number of ether oxygens (including phenoxy) is 2. The topological polar surface area (TPSA) is 71.3 Å². The second-order valence-corrected chi connectivity index (χ2v) is 7.36. The van der Waals surface area contributed by atoms with E-state index < -0.39 is 0 Å². The first-order valence-corrected chi connectivity index (χ1v) is 9.66. The first-order chi connectivity index (χ1) is 13.3. The van der Waals surface area contributed by atoms with Crippen LogP contribution in [0.25, 0.3) is 11.1 Å². The Morgan fingerprint density at radius 3 is 2.81 bits per heavy atom. The van der Waals surface area contributed by atoms with Gasteiger partial charge in [0.05, 0.1) is 25.8 Å². The molecule has 0 spiro atoms. The van der Waals surface area contributed by atoms with Gasteiger partial charge in [-0.1, -0.05) is 12.1 Å². The number of carbonyl (C=O) groups excluding carboxylic acids is 1. The average molecular weight is 372 g/mol. The molecule has 0 N–H and O–H groups in total. The van der Waals surface area contributed by atoms with Crippen molar-refractivity contribution < 1.29 is 18.7 Å². The lowest BCUT2D eigenvalue weighted by molar-refractivity contribution is 0.0363. The molecule has 2 atom stereocenters. The highest BCUT2D eigenvalue weighted by Crippen LogP contribution is 2.31. The fourth-order valence-corrected chi connectivity index (χ4v) is 4.20. The highest BCUT2D eigenvalue weighted by molar-refractivity contribution is 5.75. The Hall–Kier alpha value is -2.32. The molecular weight excluding hydrogens is 348 g/mol. The highest BCUT2D eigenvalue weighted by Gasteiger charge is 2.48. The number of carbonyl (C=O) groups is 1. The number of hydrogen-bond acceptors (Lipinski definition) is 7. The van der Waals surface area contributed by atoms with Crippen molar-refractivity contribution in [2.24, 2.45) is 0 Å². The van der Waals surface area contributed by atoms with Crippen molar-refractivity contribution in [3.05, 3.63) is 24.3 Å². The van der Waals surface area contributed by atoms with E-state index in [0.717, 1.165) is 56.9 Å². The monoisotopic (exact) mass is 372 g/mol. The predicted molar refractivity (Wildman–Crippen MR) is 98.9 cm³/mol. The minimum Gasteiger partial charge on any atom is -0.442 e. The van der Waals surface area contributed by atoms with Crippen LogP contribution in [0, 0.1) is 0 Å². The van der Waals surface area contributed by atoms with Crippen molar-refractivity contribution in [2.45, 2.75) is 18.6 Å². The number of fused-ring (bicyclic) bond motifs is 2. The van der Waals surface area contributed by atoms with E-state index >= 15 is 0 Å². The van der Waals surface area contributed by atoms with Gasteiger partial charge in [-0.15, -0.1) is 0 Å². The maximum Gasteiger partial charge on any atom is 0.410 e. The molecule has 0 radical (unpaired) electrons. The van der Waals surface area contributed by atoms with Crippen molar-refractivity contribution in [1.29, 1.82) is 0 Å². The Kier molecular flexibility index (Phi) is 4.37. The van der Waals surface area contributed by atoms with Crippen molar-refractivity contribution in [2.75, 3.05) is 57.4 Å². The van der Waals surface area contributed by atoms with Crippen LogP contribution in [0.5, 0.6) is 0 Å². The number of oxazole rings is 1. The van der Waals surface area contributed by atoms with Crippen molar-refractivity contribution >= 4 is 23.2 Å². The normalized spacial score (nSPS) is 26.0. The van der Waals surface area contributed by atoms with Gasteiger partial charge in [0.25, 0.3) is 6.01 Å². The summed E-state index contributed by atoms with van der Waals surface area (Å²) in [6.45, 7) is 6.58. The van der Waals surface area contributed by atoms with Gasteiger partial charge < -0.3 is 18.8 Å². The molecule has 144 valence electrons. The number of aromatic nitrogens is 1. The second-order valence-electron chi connectivity index (χ2n) is 7.36. The van der Waals surface area contributed by atoms with Gasteiger partial charge in [0.2, 0.25) is 0 Å². The molecule has 0 unspecified atom stereocenters. The van der Waals surface area contributed by atoms with Gasteiger partial charge >= 0.3 is 6.09 Å². The number of para-hydroxylation sites is 2. The van der Waals surface area contributed by atoms with Gasteiger partial charge in [-0.2, -0.15) is 4.98 Å². The van der Waals surface area contributed by atoms with Gasteiger partial charge in [0.15, 0.2) is 5.58 Å². The molecule has 0 aliphatic carbocycles. The third-order valence-electron chi connectivity index (χ3n) is 5.65. The zero-order chi connectivity index (χ0) is 18.2. The van der Waals surface area contributed by atoms with Crippen LogP contribution >= 0.6 is 0 Å².